The van der Waals surface area contributed by atoms with Crippen LogP contribution in [-0.2, 0) is 11.2 Å². The molecular formula is C15H13F3N2O. The van der Waals surface area contributed by atoms with Crippen molar-refractivity contribution in [2.75, 3.05) is 11.1 Å². The molecule has 110 valence electrons. The molecule has 0 spiro atoms. The summed E-state index contributed by atoms with van der Waals surface area (Å²) in [5, 5.41) is 2.15. The molecule has 6 heteroatoms. The van der Waals surface area contributed by atoms with Gasteiger partial charge in [-0.1, -0.05) is 12.1 Å². The van der Waals surface area contributed by atoms with E-state index in [1.165, 1.54) is 0 Å². The summed E-state index contributed by atoms with van der Waals surface area (Å²) >= 11 is 0. The van der Waals surface area contributed by atoms with Crippen LogP contribution >= 0.6 is 0 Å². The molecule has 2 aromatic carbocycles. The Kier molecular flexibility index (Phi) is 4.47. The zero-order chi connectivity index (χ0) is 15.4. The van der Waals surface area contributed by atoms with Gasteiger partial charge in [-0.15, -0.1) is 0 Å². The van der Waals surface area contributed by atoms with Crippen LogP contribution in [0.3, 0.4) is 0 Å². The molecule has 0 aliphatic rings. The van der Waals surface area contributed by atoms with E-state index in [1.807, 2.05) is 0 Å². The molecule has 0 aliphatic heterocycles. The number of hydrogen-bond donors (Lipinski definition) is 2. The second kappa shape index (κ2) is 6.30. The van der Waals surface area contributed by atoms with E-state index in [2.05, 4.69) is 5.32 Å². The third-order valence-corrected chi connectivity index (χ3v) is 2.86. The first kappa shape index (κ1) is 14.9. The third-order valence-electron chi connectivity index (χ3n) is 2.86. The van der Waals surface area contributed by atoms with E-state index < -0.39 is 29.0 Å². The fourth-order valence-electron chi connectivity index (χ4n) is 1.87. The number of amides is 1. The van der Waals surface area contributed by atoms with Gasteiger partial charge in [0.05, 0.1) is 5.69 Å². The predicted octanol–water partition coefficient (Wildman–Crippen LogP) is 3.26. The summed E-state index contributed by atoms with van der Waals surface area (Å²) in [6, 6.07) is 8.13. The van der Waals surface area contributed by atoms with E-state index in [9.17, 15) is 18.0 Å². The predicted molar refractivity (Wildman–Crippen MR) is 74.1 cm³/mol. The van der Waals surface area contributed by atoms with Crippen LogP contribution in [0.2, 0.25) is 0 Å². The molecule has 3 nitrogen and oxygen atoms in total. The Morgan fingerprint density at radius 3 is 2.62 bits per heavy atom. The summed E-state index contributed by atoms with van der Waals surface area (Å²) in [6.45, 7) is 0. The number of nitrogens with two attached hydrogens (primary N) is 1. The number of nitrogen functional groups attached to an aromatic ring is 1. The number of anilines is 2. The molecule has 0 aromatic heterocycles. The summed E-state index contributed by atoms with van der Waals surface area (Å²) in [5.74, 6) is -4.13. The Bertz CT molecular complexity index is 674. The summed E-state index contributed by atoms with van der Waals surface area (Å²) in [5.41, 5.74) is 6.52. The first-order chi connectivity index (χ1) is 9.95. The lowest BCUT2D eigenvalue weighted by atomic mass is 10.1. The maximum atomic E-state index is 13.4. The van der Waals surface area contributed by atoms with Crippen molar-refractivity contribution < 1.29 is 18.0 Å². The maximum absolute atomic E-state index is 13.4. The largest absolute Gasteiger partial charge is 0.399 e. The van der Waals surface area contributed by atoms with Crippen LogP contribution in [-0.4, -0.2) is 5.91 Å². The van der Waals surface area contributed by atoms with Gasteiger partial charge < -0.3 is 11.1 Å². The van der Waals surface area contributed by atoms with Crippen LogP contribution in [0.25, 0.3) is 0 Å². The van der Waals surface area contributed by atoms with Crippen molar-refractivity contribution in [3.63, 3.8) is 0 Å². The molecule has 0 saturated carbocycles. The second-order valence-corrected chi connectivity index (χ2v) is 4.54. The van der Waals surface area contributed by atoms with E-state index in [4.69, 9.17) is 5.73 Å². The van der Waals surface area contributed by atoms with E-state index in [0.717, 1.165) is 11.6 Å². The van der Waals surface area contributed by atoms with Gasteiger partial charge >= 0.3 is 0 Å². The molecular weight excluding hydrogens is 281 g/mol. The van der Waals surface area contributed by atoms with Crippen LogP contribution in [0.5, 0.6) is 0 Å². The average Bonchev–Trinajstić information content (AvgIpc) is 2.42. The minimum atomic E-state index is -1.35. The molecule has 0 radical (unpaired) electrons. The molecule has 0 unspecified atom stereocenters. The van der Waals surface area contributed by atoms with Crippen LogP contribution in [0.15, 0.2) is 36.4 Å². The molecule has 2 aromatic rings. The van der Waals surface area contributed by atoms with E-state index in [-0.39, 0.29) is 6.42 Å². The number of carbonyl (C=O) groups excluding carboxylic acids is 1. The topological polar surface area (TPSA) is 55.1 Å². The SMILES string of the molecule is Nc1cccc(CCC(=O)Nc2cc(F)cc(F)c2F)c1. The standard InChI is InChI=1S/C15H13F3N2O/c16-10-7-12(17)15(18)13(8-10)20-14(21)5-4-9-2-1-3-11(19)6-9/h1-3,6-8H,4-5,19H2,(H,20,21). The van der Waals surface area contributed by atoms with Gasteiger partial charge in [0.25, 0.3) is 0 Å². The van der Waals surface area contributed by atoms with Crippen molar-refractivity contribution in [3.8, 4) is 0 Å². The van der Waals surface area contributed by atoms with Crippen LogP contribution in [0.4, 0.5) is 24.5 Å². The van der Waals surface area contributed by atoms with E-state index in [1.54, 1.807) is 24.3 Å². The molecule has 0 saturated heterocycles. The smallest absolute Gasteiger partial charge is 0.224 e. The van der Waals surface area contributed by atoms with Crippen molar-refractivity contribution in [2.45, 2.75) is 12.8 Å². The zero-order valence-corrected chi connectivity index (χ0v) is 11.0. The van der Waals surface area contributed by atoms with Gasteiger partial charge in [-0.05, 0) is 24.1 Å². The number of hydrogen-bond acceptors (Lipinski definition) is 2. The number of aryl methyl sites for hydroxylation is 1. The average molecular weight is 294 g/mol. The quantitative estimate of drug-likeness (QED) is 0.671. The highest BCUT2D eigenvalue weighted by Crippen LogP contribution is 2.19. The Morgan fingerprint density at radius 2 is 1.90 bits per heavy atom. The van der Waals surface area contributed by atoms with Crippen molar-refractivity contribution in [1.82, 2.24) is 0 Å². The van der Waals surface area contributed by atoms with Crippen molar-refractivity contribution >= 4 is 17.3 Å². The fraction of sp³-hybridized carbons (Fsp3) is 0.133. The minimum Gasteiger partial charge on any atom is -0.399 e. The molecule has 21 heavy (non-hydrogen) atoms. The Labute approximate surface area is 119 Å². The van der Waals surface area contributed by atoms with Crippen molar-refractivity contribution in [1.29, 1.82) is 0 Å². The van der Waals surface area contributed by atoms with Gasteiger partial charge in [0.1, 0.15) is 5.82 Å². The molecule has 0 aliphatic carbocycles. The van der Waals surface area contributed by atoms with Crippen LogP contribution in [0.1, 0.15) is 12.0 Å². The summed E-state index contributed by atoms with van der Waals surface area (Å²) in [4.78, 5) is 11.7. The summed E-state index contributed by atoms with van der Waals surface area (Å²) in [7, 11) is 0. The molecule has 0 heterocycles. The fourth-order valence-corrected chi connectivity index (χ4v) is 1.87. The van der Waals surface area contributed by atoms with E-state index >= 15 is 0 Å². The molecule has 2 rings (SSSR count). The molecule has 0 bridgehead atoms. The van der Waals surface area contributed by atoms with Gasteiger partial charge in [-0.2, -0.15) is 0 Å². The Balaban J connectivity index is 1.99. The third kappa shape index (κ3) is 3.98. The molecule has 0 fully saturated rings. The van der Waals surface area contributed by atoms with Crippen molar-refractivity contribution in [2.24, 2.45) is 0 Å². The second-order valence-electron chi connectivity index (χ2n) is 4.54. The molecule has 1 amide bonds. The summed E-state index contributed by atoms with van der Waals surface area (Å²) in [6.07, 6.45) is 0.428. The Morgan fingerprint density at radius 1 is 1.14 bits per heavy atom. The highest BCUT2D eigenvalue weighted by atomic mass is 19.2. The van der Waals surface area contributed by atoms with Gasteiger partial charge in [0.15, 0.2) is 11.6 Å². The highest BCUT2D eigenvalue weighted by Gasteiger charge is 2.13. The minimum absolute atomic E-state index is 0.0427. The Hall–Kier alpha value is -2.50. The van der Waals surface area contributed by atoms with Crippen LogP contribution < -0.4 is 11.1 Å². The zero-order valence-electron chi connectivity index (χ0n) is 11.0. The maximum Gasteiger partial charge on any atom is 0.224 e. The first-order valence-electron chi connectivity index (χ1n) is 6.24. The first-order valence-corrected chi connectivity index (χ1v) is 6.24. The normalized spacial score (nSPS) is 10.4. The molecule has 3 N–H and O–H groups in total. The monoisotopic (exact) mass is 294 g/mol. The van der Waals surface area contributed by atoms with Gasteiger partial charge in [0, 0.05) is 24.2 Å². The lowest BCUT2D eigenvalue weighted by molar-refractivity contribution is -0.116. The summed E-state index contributed by atoms with van der Waals surface area (Å²) < 4.78 is 39.4. The number of carbonyl (C=O) groups is 1. The van der Waals surface area contributed by atoms with Gasteiger partial charge in [0.2, 0.25) is 5.91 Å². The lowest BCUT2D eigenvalue weighted by Gasteiger charge is -2.07. The van der Waals surface area contributed by atoms with Gasteiger partial charge in [-0.3, -0.25) is 4.79 Å². The number of benzene rings is 2. The van der Waals surface area contributed by atoms with Gasteiger partial charge in [-0.25, -0.2) is 13.2 Å². The van der Waals surface area contributed by atoms with E-state index in [0.29, 0.717) is 18.2 Å². The number of halogens is 3. The number of nitrogens with one attached hydrogen (secondary N) is 1. The molecule has 0 atom stereocenters. The van der Waals surface area contributed by atoms with Crippen molar-refractivity contribution in [3.05, 3.63) is 59.4 Å². The highest BCUT2D eigenvalue weighted by molar-refractivity contribution is 5.91. The lowest BCUT2D eigenvalue weighted by Crippen LogP contribution is -2.14. The number of rotatable bonds is 4. The van der Waals surface area contributed by atoms with Crippen LogP contribution in [0, 0.1) is 17.5 Å².